The minimum Gasteiger partial charge on any atom is -0.379 e. The molecule has 0 aliphatic carbocycles. The van der Waals surface area contributed by atoms with E-state index in [4.69, 9.17) is 4.74 Å². The first-order chi connectivity index (χ1) is 9.91. The number of sulfonamides is 1. The second-order valence-corrected chi connectivity index (χ2v) is 6.86. The number of nitrogens with zero attached hydrogens (tertiary/aromatic N) is 5. The monoisotopic (exact) mass is 311 g/mol. The molecule has 0 radical (unpaired) electrons. The lowest BCUT2D eigenvalue weighted by Crippen LogP contribution is -2.41. The number of aromatic nitrogens is 4. The Hall–Kier alpha value is -1.58. The van der Waals surface area contributed by atoms with Crippen molar-refractivity contribution >= 4 is 15.8 Å². The summed E-state index contributed by atoms with van der Waals surface area (Å²) in [6, 6.07) is 0. The molecule has 0 amide bonds. The number of hydrogen-bond acceptors (Lipinski definition) is 6. The Kier molecular flexibility index (Phi) is 3.42. The molecular weight excluding hydrogens is 294 g/mol. The molecule has 0 N–H and O–H groups in total. The van der Waals surface area contributed by atoms with Crippen molar-refractivity contribution in [2.45, 2.75) is 25.9 Å². The highest BCUT2D eigenvalue weighted by Crippen LogP contribution is 2.17. The number of hydrogen-bond donors (Lipinski definition) is 0. The van der Waals surface area contributed by atoms with E-state index < -0.39 is 10.0 Å². The predicted octanol–water partition coefficient (Wildman–Crippen LogP) is 0.0705. The van der Waals surface area contributed by atoms with Crippen molar-refractivity contribution in [3.63, 3.8) is 0 Å². The van der Waals surface area contributed by atoms with Crippen LogP contribution in [-0.4, -0.2) is 58.6 Å². The van der Waals surface area contributed by atoms with Crippen LogP contribution >= 0.6 is 0 Å². The Labute approximate surface area is 122 Å². The maximum atomic E-state index is 12.5. The van der Waals surface area contributed by atoms with Crippen molar-refractivity contribution in [3.05, 3.63) is 17.0 Å². The largest absolute Gasteiger partial charge is 0.379 e. The average molecular weight is 311 g/mol. The zero-order chi connectivity index (χ0) is 15.2. The second kappa shape index (κ2) is 5.00. The van der Waals surface area contributed by atoms with Crippen LogP contribution in [0.2, 0.25) is 0 Å². The number of fused-ring (bicyclic) bond motifs is 1. The first-order valence-electron chi connectivity index (χ1n) is 6.70. The van der Waals surface area contributed by atoms with Gasteiger partial charge in [0.05, 0.1) is 13.2 Å². The molecule has 1 fully saturated rings. The van der Waals surface area contributed by atoms with Gasteiger partial charge < -0.3 is 4.74 Å². The highest BCUT2D eigenvalue weighted by atomic mass is 32.2. The van der Waals surface area contributed by atoms with E-state index >= 15 is 0 Å². The first-order valence-corrected chi connectivity index (χ1v) is 8.14. The highest BCUT2D eigenvalue weighted by Gasteiger charge is 2.30. The van der Waals surface area contributed by atoms with E-state index in [0.29, 0.717) is 32.1 Å². The summed E-state index contributed by atoms with van der Waals surface area (Å²) in [5, 5.41) is 3.93. The van der Waals surface area contributed by atoms with Crippen molar-refractivity contribution < 1.29 is 13.2 Å². The smallest absolute Gasteiger partial charge is 0.284 e. The number of rotatable bonds is 2. The topological polar surface area (TPSA) is 89.7 Å². The maximum absolute atomic E-state index is 12.5. The van der Waals surface area contributed by atoms with Crippen LogP contribution < -0.4 is 0 Å². The van der Waals surface area contributed by atoms with Gasteiger partial charge in [0.15, 0.2) is 0 Å². The Morgan fingerprint density at radius 3 is 2.43 bits per heavy atom. The van der Waals surface area contributed by atoms with E-state index in [1.165, 1.54) is 8.82 Å². The van der Waals surface area contributed by atoms with Gasteiger partial charge in [-0.2, -0.15) is 13.8 Å². The van der Waals surface area contributed by atoms with Crippen LogP contribution in [0.3, 0.4) is 0 Å². The van der Waals surface area contributed by atoms with Crippen LogP contribution in [0.5, 0.6) is 0 Å². The van der Waals surface area contributed by atoms with Gasteiger partial charge in [0.2, 0.25) is 0 Å². The van der Waals surface area contributed by atoms with Gasteiger partial charge in [-0.3, -0.25) is 0 Å². The molecule has 0 saturated carbocycles. The van der Waals surface area contributed by atoms with Gasteiger partial charge in [0.25, 0.3) is 21.0 Å². The summed E-state index contributed by atoms with van der Waals surface area (Å²) < 4.78 is 33.1. The quantitative estimate of drug-likeness (QED) is 0.779. The summed E-state index contributed by atoms with van der Waals surface area (Å²) in [5.41, 5.74) is 2.64. The molecule has 114 valence electrons. The molecule has 0 spiro atoms. The lowest BCUT2D eigenvalue weighted by Gasteiger charge is -2.24. The van der Waals surface area contributed by atoms with Crippen molar-refractivity contribution in [3.8, 4) is 0 Å². The number of aryl methyl sites for hydroxylation is 2. The van der Waals surface area contributed by atoms with E-state index in [-0.39, 0.29) is 5.16 Å². The van der Waals surface area contributed by atoms with E-state index in [2.05, 4.69) is 15.1 Å². The molecule has 0 bridgehead atoms. The molecule has 21 heavy (non-hydrogen) atoms. The molecule has 2 aromatic heterocycles. The molecule has 0 aromatic carbocycles. The molecule has 3 rings (SSSR count). The molecule has 9 heteroatoms. The summed E-state index contributed by atoms with van der Waals surface area (Å²) in [6.07, 6.45) is 0. The maximum Gasteiger partial charge on any atom is 0.284 e. The third-order valence-electron chi connectivity index (χ3n) is 3.78. The molecule has 0 unspecified atom stereocenters. The van der Waals surface area contributed by atoms with Gasteiger partial charge in [-0.15, -0.1) is 5.10 Å². The van der Waals surface area contributed by atoms with Gasteiger partial charge in [-0.25, -0.2) is 13.4 Å². The predicted molar refractivity (Wildman–Crippen MR) is 74.6 cm³/mol. The Morgan fingerprint density at radius 1 is 1.10 bits per heavy atom. The van der Waals surface area contributed by atoms with Crippen LogP contribution in [0.25, 0.3) is 5.78 Å². The van der Waals surface area contributed by atoms with Crippen LogP contribution in [0.1, 0.15) is 17.0 Å². The normalized spacial score (nSPS) is 17.5. The molecule has 2 aromatic rings. The van der Waals surface area contributed by atoms with Gasteiger partial charge in [-0.05, 0) is 26.3 Å². The lowest BCUT2D eigenvalue weighted by molar-refractivity contribution is 0.0728. The van der Waals surface area contributed by atoms with Crippen molar-refractivity contribution in [1.82, 2.24) is 23.9 Å². The summed E-state index contributed by atoms with van der Waals surface area (Å²) in [5.74, 6) is 0.308. The minimum absolute atomic E-state index is 0.204. The third-order valence-corrected chi connectivity index (χ3v) is 5.46. The van der Waals surface area contributed by atoms with Gasteiger partial charge in [-0.1, -0.05) is 0 Å². The van der Waals surface area contributed by atoms with E-state index in [0.717, 1.165) is 17.0 Å². The fourth-order valence-corrected chi connectivity index (χ4v) is 3.49. The SMILES string of the molecule is Cc1nc2nc(S(=O)(=O)N3CCOCC3)nn2c(C)c1C. The summed E-state index contributed by atoms with van der Waals surface area (Å²) in [4.78, 5) is 8.39. The molecule has 1 aliphatic rings. The summed E-state index contributed by atoms with van der Waals surface area (Å²) in [6.45, 7) is 7.09. The van der Waals surface area contributed by atoms with Crippen molar-refractivity contribution in [1.29, 1.82) is 0 Å². The highest BCUT2D eigenvalue weighted by molar-refractivity contribution is 7.88. The van der Waals surface area contributed by atoms with Gasteiger partial charge >= 0.3 is 0 Å². The minimum atomic E-state index is -3.70. The van der Waals surface area contributed by atoms with Crippen LogP contribution in [-0.2, 0) is 14.8 Å². The Balaban J connectivity index is 2.10. The number of morpholine rings is 1. The standard InChI is InChI=1S/C12H17N5O3S/c1-8-9(2)13-11-14-12(15-17(11)10(8)3)21(18,19)16-4-6-20-7-5-16/h4-7H2,1-3H3. The fourth-order valence-electron chi connectivity index (χ4n) is 2.25. The molecule has 3 heterocycles. The van der Waals surface area contributed by atoms with E-state index in [1.807, 2.05) is 20.8 Å². The van der Waals surface area contributed by atoms with Crippen LogP contribution in [0.4, 0.5) is 0 Å². The third kappa shape index (κ3) is 2.30. The van der Waals surface area contributed by atoms with Gasteiger partial charge in [0.1, 0.15) is 0 Å². The summed E-state index contributed by atoms with van der Waals surface area (Å²) >= 11 is 0. The molecule has 0 atom stereocenters. The average Bonchev–Trinajstić information content (AvgIpc) is 2.90. The Morgan fingerprint density at radius 2 is 1.76 bits per heavy atom. The molecule has 1 saturated heterocycles. The molecular formula is C12H17N5O3S. The van der Waals surface area contributed by atoms with E-state index in [9.17, 15) is 8.42 Å². The summed E-state index contributed by atoms with van der Waals surface area (Å²) in [7, 11) is -3.70. The zero-order valence-corrected chi connectivity index (χ0v) is 13.0. The van der Waals surface area contributed by atoms with Crippen LogP contribution in [0, 0.1) is 20.8 Å². The number of ether oxygens (including phenoxy) is 1. The van der Waals surface area contributed by atoms with Crippen LogP contribution in [0.15, 0.2) is 5.16 Å². The van der Waals surface area contributed by atoms with Crippen molar-refractivity contribution in [2.24, 2.45) is 0 Å². The van der Waals surface area contributed by atoms with Crippen molar-refractivity contribution in [2.75, 3.05) is 26.3 Å². The molecule has 8 nitrogen and oxygen atoms in total. The molecule has 1 aliphatic heterocycles. The second-order valence-electron chi connectivity index (χ2n) is 5.03. The lowest BCUT2D eigenvalue weighted by atomic mass is 10.2. The van der Waals surface area contributed by atoms with E-state index in [1.54, 1.807) is 0 Å². The zero-order valence-electron chi connectivity index (χ0n) is 12.2. The van der Waals surface area contributed by atoms with Gasteiger partial charge in [0, 0.05) is 24.5 Å². The fraction of sp³-hybridized carbons (Fsp3) is 0.583. The Bertz CT molecular complexity index is 793. The first kappa shape index (κ1) is 14.4.